The summed E-state index contributed by atoms with van der Waals surface area (Å²) in [5.74, 6) is 0.833. The molecule has 0 spiro atoms. The summed E-state index contributed by atoms with van der Waals surface area (Å²) in [7, 11) is 3.00. The third-order valence-corrected chi connectivity index (χ3v) is 3.67. The molecule has 2 aromatic rings. The minimum Gasteiger partial charge on any atom is -0.493 e. The number of esters is 1. The minimum absolute atomic E-state index is 0.0626. The molecule has 0 aliphatic rings. The number of carbonyl (C=O) groups is 2. The largest absolute Gasteiger partial charge is 0.493 e. The zero-order valence-corrected chi connectivity index (χ0v) is 15.1. The van der Waals surface area contributed by atoms with Gasteiger partial charge in [0.05, 0.1) is 27.2 Å². The summed E-state index contributed by atoms with van der Waals surface area (Å²) in [6, 6.07) is 12.3. The van der Waals surface area contributed by atoms with Crippen molar-refractivity contribution in [3.05, 3.63) is 53.6 Å². The van der Waals surface area contributed by atoms with Gasteiger partial charge in [-0.3, -0.25) is 9.59 Å². The first-order chi connectivity index (χ1) is 12.5. The normalized spacial score (nSPS) is 10.1. The number of methoxy groups -OCH3 is 2. The second kappa shape index (κ2) is 9.46. The number of ketones is 1. The average molecular weight is 358 g/mol. The number of Topliss-reactive ketones (excluding diaryl/α,β-unsaturated/α-hetero) is 1. The van der Waals surface area contributed by atoms with E-state index < -0.39 is 5.97 Å². The van der Waals surface area contributed by atoms with Crippen molar-refractivity contribution in [1.29, 1.82) is 0 Å². The van der Waals surface area contributed by atoms with Gasteiger partial charge in [-0.2, -0.15) is 0 Å². The number of ether oxygens (including phenoxy) is 4. The maximum absolute atomic E-state index is 12.1. The van der Waals surface area contributed by atoms with Gasteiger partial charge in [-0.1, -0.05) is 17.7 Å². The van der Waals surface area contributed by atoms with Crippen LogP contribution in [0.1, 0.15) is 22.3 Å². The summed E-state index contributed by atoms with van der Waals surface area (Å²) in [5, 5.41) is 0. The van der Waals surface area contributed by atoms with Gasteiger partial charge in [-0.25, -0.2) is 0 Å². The van der Waals surface area contributed by atoms with Crippen LogP contribution in [-0.2, 0) is 9.53 Å². The Morgan fingerprint density at radius 1 is 0.923 bits per heavy atom. The first-order valence-electron chi connectivity index (χ1n) is 8.14. The third kappa shape index (κ3) is 5.51. The molecule has 0 aromatic heterocycles. The third-order valence-electron chi connectivity index (χ3n) is 3.67. The quantitative estimate of drug-likeness (QED) is 0.506. The number of aryl methyl sites for hydroxylation is 1. The van der Waals surface area contributed by atoms with Gasteiger partial charge >= 0.3 is 5.97 Å². The molecule has 6 nitrogen and oxygen atoms in total. The number of carbonyl (C=O) groups excluding carboxylic acids is 2. The summed E-state index contributed by atoms with van der Waals surface area (Å²) >= 11 is 0. The topological polar surface area (TPSA) is 71.1 Å². The molecular formula is C20H22O6. The van der Waals surface area contributed by atoms with Gasteiger partial charge in [0.15, 0.2) is 23.9 Å². The van der Waals surface area contributed by atoms with Crippen LogP contribution in [-0.4, -0.2) is 39.2 Å². The average Bonchev–Trinajstić information content (AvgIpc) is 2.67. The summed E-state index contributed by atoms with van der Waals surface area (Å²) in [5.41, 5.74) is 1.51. The SMILES string of the molecule is COc1ccc(C(=O)COC(=O)CCOc2ccc(C)cc2)cc1OC. The van der Waals surface area contributed by atoms with Gasteiger partial charge in [0.2, 0.25) is 0 Å². The zero-order chi connectivity index (χ0) is 18.9. The molecule has 0 aliphatic carbocycles. The van der Waals surface area contributed by atoms with Crippen LogP contribution in [0.3, 0.4) is 0 Å². The molecule has 0 N–H and O–H groups in total. The monoisotopic (exact) mass is 358 g/mol. The molecule has 0 amide bonds. The fraction of sp³-hybridized carbons (Fsp3) is 0.300. The minimum atomic E-state index is -0.495. The zero-order valence-electron chi connectivity index (χ0n) is 15.1. The first kappa shape index (κ1) is 19.3. The van der Waals surface area contributed by atoms with Gasteiger partial charge in [0.25, 0.3) is 0 Å². The smallest absolute Gasteiger partial charge is 0.309 e. The lowest BCUT2D eigenvalue weighted by molar-refractivity contribution is -0.143. The predicted octanol–water partition coefficient (Wildman–Crippen LogP) is 3.21. The second-order valence-electron chi connectivity index (χ2n) is 5.57. The van der Waals surface area contributed by atoms with Crippen LogP contribution in [0.5, 0.6) is 17.2 Å². The van der Waals surface area contributed by atoms with Crippen LogP contribution < -0.4 is 14.2 Å². The predicted molar refractivity (Wildman–Crippen MR) is 96.1 cm³/mol. The number of benzene rings is 2. The van der Waals surface area contributed by atoms with E-state index in [-0.39, 0.29) is 25.4 Å². The summed E-state index contributed by atoms with van der Waals surface area (Å²) in [6.07, 6.45) is 0.0626. The summed E-state index contributed by atoms with van der Waals surface area (Å²) < 4.78 is 20.7. The lowest BCUT2D eigenvalue weighted by atomic mass is 10.1. The number of rotatable bonds is 9. The molecule has 0 bridgehead atoms. The Labute approximate surface area is 152 Å². The van der Waals surface area contributed by atoms with Crippen LogP contribution in [0, 0.1) is 6.92 Å². The van der Waals surface area contributed by atoms with Gasteiger partial charge in [-0.15, -0.1) is 0 Å². The van der Waals surface area contributed by atoms with E-state index >= 15 is 0 Å². The second-order valence-corrected chi connectivity index (χ2v) is 5.57. The Bertz CT molecular complexity index is 751. The molecule has 6 heteroatoms. The molecule has 26 heavy (non-hydrogen) atoms. The molecule has 0 radical (unpaired) electrons. The van der Waals surface area contributed by atoms with E-state index in [1.807, 2.05) is 31.2 Å². The van der Waals surface area contributed by atoms with E-state index in [1.165, 1.54) is 14.2 Å². The van der Waals surface area contributed by atoms with E-state index in [0.717, 1.165) is 5.56 Å². The number of hydrogen-bond donors (Lipinski definition) is 0. The van der Waals surface area contributed by atoms with Crippen molar-refractivity contribution in [1.82, 2.24) is 0 Å². The van der Waals surface area contributed by atoms with Crippen LogP contribution in [0.4, 0.5) is 0 Å². The van der Waals surface area contributed by atoms with Crippen molar-refractivity contribution in [2.45, 2.75) is 13.3 Å². The van der Waals surface area contributed by atoms with Gasteiger partial charge < -0.3 is 18.9 Å². The van der Waals surface area contributed by atoms with Crippen molar-refractivity contribution >= 4 is 11.8 Å². The molecule has 0 saturated heterocycles. The van der Waals surface area contributed by atoms with Crippen molar-refractivity contribution in [2.75, 3.05) is 27.4 Å². The van der Waals surface area contributed by atoms with Crippen molar-refractivity contribution in [3.63, 3.8) is 0 Å². The molecule has 2 aromatic carbocycles. The lowest BCUT2D eigenvalue weighted by Crippen LogP contribution is -2.16. The Balaban J connectivity index is 1.77. The highest BCUT2D eigenvalue weighted by Crippen LogP contribution is 2.27. The van der Waals surface area contributed by atoms with Crippen molar-refractivity contribution in [2.24, 2.45) is 0 Å². The molecule has 0 atom stereocenters. The molecule has 0 heterocycles. The molecule has 0 aliphatic heterocycles. The highest BCUT2D eigenvalue weighted by molar-refractivity contribution is 5.98. The maximum Gasteiger partial charge on any atom is 0.309 e. The highest BCUT2D eigenvalue weighted by atomic mass is 16.5. The molecule has 2 rings (SSSR count). The molecule has 0 unspecified atom stereocenters. The van der Waals surface area contributed by atoms with Gasteiger partial charge in [0, 0.05) is 5.56 Å². The van der Waals surface area contributed by atoms with Gasteiger partial charge in [-0.05, 0) is 37.3 Å². The lowest BCUT2D eigenvalue weighted by Gasteiger charge is -2.09. The summed E-state index contributed by atoms with van der Waals surface area (Å²) in [4.78, 5) is 23.9. The van der Waals surface area contributed by atoms with Crippen molar-refractivity contribution < 1.29 is 28.5 Å². The van der Waals surface area contributed by atoms with E-state index in [9.17, 15) is 9.59 Å². The fourth-order valence-corrected chi connectivity index (χ4v) is 2.20. The Morgan fingerprint density at radius 2 is 1.62 bits per heavy atom. The van der Waals surface area contributed by atoms with Crippen LogP contribution in [0.15, 0.2) is 42.5 Å². The molecule has 138 valence electrons. The van der Waals surface area contributed by atoms with Crippen LogP contribution >= 0.6 is 0 Å². The number of hydrogen-bond acceptors (Lipinski definition) is 6. The Kier molecular flexibility index (Phi) is 7.02. The molecule has 0 saturated carbocycles. The fourth-order valence-electron chi connectivity index (χ4n) is 2.20. The van der Waals surface area contributed by atoms with Gasteiger partial charge in [0.1, 0.15) is 5.75 Å². The standard InChI is InChI=1S/C20H22O6/c1-14-4-7-16(8-5-14)25-11-10-20(22)26-13-17(21)15-6-9-18(23-2)19(12-15)24-3/h4-9,12H,10-11,13H2,1-3H3. The summed E-state index contributed by atoms with van der Waals surface area (Å²) in [6.45, 7) is 1.84. The maximum atomic E-state index is 12.1. The van der Waals surface area contributed by atoms with E-state index in [1.54, 1.807) is 18.2 Å². The van der Waals surface area contributed by atoms with E-state index in [2.05, 4.69) is 0 Å². The Hall–Kier alpha value is -3.02. The van der Waals surface area contributed by atoms with Crippen LogP contribution in [0.2, 0.25) is 0 Å². The first-order valence-corrected chi connectivity index (χ1v) is 8.14. The van der Waals surface area contributed by atoms with E-state index in [4.69, 9.17) is 18.9 Å². The van der Waals surface area contributed by atoms with Crippen LogP contribution in [0.25, 0.3) is 0 Å². The molecule has 0 fully saturated rings. The highest BCUT2D eigenvalue weighted by Gasteiger charge is 2.13. The van der Waals surface area contributed by atoms with E-state index in [0.29, 0.717) is 22.8 Å². The van der Waals surface area contributed by atoms with Crippen molar-refractivity contribution in [3.8, 4) is 17.2 Å². The molecular weight excluding hydrogens is 336 g/mol. The Morgan fingerprint density at radius 3 is 2.27 bits per heavy atom.